The van der Waals surface area contributed by atoms with Crippen LogP contribution in [0, 0.1) is 21.4 Å². The molecular formula is C20H14N4O6S. The molecule has 0 fully saturated rings. The van der Waals surface area contributed by atoms with Crippen molar-refractivity contribution in [2.45, 2.75) is 4.90 Å². The summed E-state index contributed by atoms with van der Waals surface area (Å²) in [6, 6.07) is 15.8. The summed E-state index contributed by atoms with van der Waals surface area (Å²) in [6.07, 6.45) is 1.24. The lowest BCUT2D eigenvalue weighted by atomic mass is 10.2. The predicted octanol–water partition coefficient (Wildman–Crippen LogP) is 3.05. The summed E-state index contributed by atoms with van der Waals surface area (Å²) in [5.41, 5.74) is 0.478. The molecule has 0 atom stereocenters. The minimum atomic E-state index is -3.81. The first-order valence-corrected chi connectivity index (χ1v) is 10.1. The summed E-state index contributed by atoms with van der Waals surface area (Å²) >= 11 is 0. The molecular weight excluding hydrogens is 424 g/mol. The van der Waals surface area contributed by atoms with Crippen molar-refractivity contribution in [2.75, 3.05) is 5.32 Å². The van der Waals surface area contributed by atoms with Crippen LogP contribution in [-0.2, 0) is 14.8 Å². The van der Waals surface area contributed by atoms with Crippen LogP contribution in [0.5, 0.6) is 0 Å². The number of sulfonamides is 1. The van der Waals surface area contributed by atoms with E-state index in [9.17, 15) is 28.6 Å². The normalized spacial score (nSPS) is 11.5. The van der Waals surface area contributed by atoms with E-state index in [1.54, 1.807) is 18.2 Å². The van der Waals surface area contributed by atoms with E-state index in [1.165, 1.54) is 54.6 Å². The molecule has 0 spiro atoms. The van der Waals surface area contributed by atoms with Crippen LogP contribution >= 0.6 is 0 Å². The van der Waals surface area contributed by atoms with Crippen LogP contribution in [-0.4, -0.2) is 19.2 Å². The Labute approximate surface area is 176 Å². The van der Waals surface area contributed by atoms with E-state index in [0.29, 0.717) is 11.3 Å². The number of nitriles is 1. The Morgan fingerprint density at radius 1 is 1.10 bits per heavy atom. The minimum absolute atomic E-state index is 0.0439. The van der Waals surface area contributed by atoms with Gasteiger partial charge in [0.1, 0.15) is 23.2 Å². The highest BCUT2D eigenvalue weighted by molar-refractivity contribution is 7.89. The number of primary sulfonamides is 1. The standard InChI is InChI=1S/C20H14N4O6S/c21-12-14(20(25)23-15-3-5-16(6-4-15)24(26)27)11-17-7-10-19(30-17)13-1-8-18(9-2-13)31(22,28)29/h1-11H,(H,23,25)(H2,22,28,29). The lowest BCUT2D eigenvalue weighted by Gasteiger charge is -2.03. The molecule has 0 aliphatic carbocycles. The Morgan fingerprint density at radius 3 is 2.29 bits per heavy atom. The molecule has 0 unspecified atom stereocenters. The Hall–Kier alpha value is -4.27. The van der Waals surface area contributed by atoms with Gasteiger partial charge in [-0.05, 0) is 48.5 Å². The van der Waals surface area contributed by atoms with Gasteiger partial charge >= 0.3 is 0 Å². The summed E-state index contributed by atoms with van der Waals surface area (Å²) in [4.78, 5) is 22.4. The monoisotopic (exact) mass is 438 g/mol. The Kier molecular flexibility index (Phi) is 5.96. The largest absolute Gasteiger partial charge is 0.457 e. The number of nitro groups is 1. The van der Waals surface area contributed by atoms with Gasteiger partial charge in [0.2, 0.25) is 10.0 Å². The van der Waals surface area contributed by atoms with E-state index in [0.717, 1.165) is 0 Å². The Morgan fingerprint density at radius 2 is 1.74 bits per heavy atom. The van der Waals surface area contributed by atoms with Gasteiger partial charge in [0.25, 0.3) is 11.6 Å². The zero-order valence-corrected chi connectivity index (χ0v) is 16.5. The van der Waals surface area contributed by atoms with Crippen LogP contribution in [0.4, 0.5) is 11.4 Å². The number of nitro benzene ring substituents is 1. The number of rotatable bonds is 6. The van der Waals surface area contributed by atoms with Crippen molar-refractivity contribution in [3.63, 3.8) is 0 Å². The predicted molar refractivity (Wildman–Crippen MR) is 111 cm³/mol. The van der Waals surface area contributed by atoms with Crippen LogP contribution in [0.1, 0.15) is 5.76 Å². The number of carbonyl (C=O) groups excluding carboxylic acids is 1. The van der Waals surface area contributed by atoms with Crippen molar-refractivity contribution < 1.29 is 22.6 Å². The van der Waals surface area contributed by atoms with Gasteiger partial charge in [0.05, 0.1) is 9.82 Å². The second-order valence-corrected chi connectivity index (χ2v) is 7.76. The molecule has 31 heavy (non-hydrogen) atoms. The maximum Gasteiger partial charge on any atom is 0.269 e. The summed E-state index contributed by atoms with van der Waals surface area (Å²) < 4.78 is 28.3. The summed E-state index contributed by atoms with van der Waals surface area (Å²) in [6.45, 7) is 0. The van der Waals surface area contributed by atoms with Crippen molar-refractivity contribution in [1.82, 2.24) is 0 Å². The van der Waals surface area contributed by atoms with Crippen molar-refractivity contribution in [3.8, 4) is 17.4 Å². The molecule has 2 aromatic carbocycles. The molecule has 3 N–H and O–H groups in total. The number of amides is 1. The number of furan rings is 1. The third kappa shape index (κ3) is 5.21. The van der Waals surface area contributed by atoms with Crippen molar-refractivity contribution >= 4 is 33.4 Å². The smallest absolute Gasteiger partial charge is 0.269 e. The molecule has 156 valence electrons. The molecule has 1 heterocycles. The average Bonchev–Trinajstić information content (AvgIpc) is 3.20. The maximum atomic E-state index is 12.3. The third-order valence-electron chi connectivity index (χ3n) is 4.08. The van der Waals surface area contributed by atoms with Crippen molar-refractivity contribution in [2.24, 2.45) is 5.14 Å². The highest BCUT2D eigenvalue weighted by Crippen LogP contribution is 2.25. The number of anilines is 1. The van der Waals surface area contributed by atoms with E-state index in [4.69, 9.17) is 9.56 Å². The van der Waals surface area contributed by atoms with Gasteiger partial charge in [-0.1, -0.05) is 0 Å². The maximum absolute atomic E-state index is 12.3. The fourth-order valence-electron chi connectivity index (χ4n) is 2.55. The zero-order valence-electron chi connectivity index (χ0n) is 15.7. The minimum Gasteiger partial charge on any atom is -0.457 e. The first kappa shape index (κ1) is 21.4. The molecule has 0 saturated carbocycles. The summed E-state index contributed by atoms with van der Waals surface area (Å²) in [5.74, 6) is -0.104. The van der Waals surface area contributed by atoms with Gasteiger partial charge in [-0.15, -0.1) is 0 Å². The molecule has 0 saturated heterocycles. The quantitative estimate of drug-likeness (QED) is 0.258. The van der Waals surface area contributed by atoms with E-state index in [1.807, 2.05) is 0 Å². The van der Waals surface area contributed by atoms with Gasteiger partial charge in [-0.25, -0.2) is 13.6 Å². The topological polar surface area (TPSA) is 169 Å². The first-order valence-electron chi connectivity index (χ1n) is 8.58. The van der Waals surface area contributed by atoms with Gasteiger partial charge in [-0.2, -0.15) is 5.26 Å². The molecule has 3 aromatic rings. The first-order chi connectivity index (χ1) is 14.7. The van der Waals surface area contributed by atoms with E-state index in [2.05, 4.69) is 5.32 Å². The van der Waals surface area contributed by atoms with Crippen molar-refractivity contribution in [3.05, 3.63) is 82.1 Å². The van der Waals surface area contributed by atoms with Crippen LogP contribution in [0.25, 0.3) is 17.4 Å². The fourth-order valence-corrected chi connectivity index (χ4v) is 3.07. The third-order valence-corrected chi connectivity index (χ3v) is 5.01. The molecule has 0 radical (unpaired) electrons. The SMILES string of the molecule is N#CC(=Cc1ccc(-c2ccc(S(N)(=O)=O)cc2)o1)C(=O)Nc1ccc([N+](=O)[O-])cc1. The summed E-state index contributed by atoms with van der Waals surface area (Å²) in [7, 11) is -3.81. The van der Waals surface area contributed by atoms with E-state index in [-0.39, 0.29) is 27.6 Å². The molecule has 0 bridgehead atoms. The van der Waals surface area contributed by atoms with Gasteiger partial charge < -0.3 is 9.73 Å². The summed E-state index contributed by atoms with van der Waals surface area (Å²) in [5, 5.41) is 27.5. The number of nitrogens with zero attached hydrogens (tertiary/aromatic N) is 2. The molecule has 0 aliphatic heterocycles. The van der Waals surface area contributed by atoms with E-state index >= 15 is 0 Å². The van der Waals surface area contributed by atoms with Crippen LogP contribution in [0.15, 0.2) is 75.5 Å². The average molecular weight is 438 g/mol. The van der Waals surface area contributed by atoms with Crippen molar-refractivity contribution in [1.29, 1.82) is 5.26 Å². The highest BCUT2D eigenvalue weighted by atomic mass is 32.2. The number of nitrogens with one attached hydrogen (secondary N) is 1. The Balaban J connectivity index is 1.77. The van der Waals surface area contributed by atoms with Gasteiger partial charge in [-0.3, -0.25) is 14.9 Å². The number of hydrogen-bond donors (Lipinski definition) is 2. The molecule has 3 rings (SSSR count). The second-order valence-electron chi connectivity index (χ2n) is 6.20. The zero-order chi connectivity index (χ0) is 22.6. The fraction of sp³-hybridized carbons (Fsp3) is 0. The molecule has 1 amide bonds. The van der Waals surface area contributed by atoms with Crippen LogP contribution in [0.2, 0.25) is 0 Å². The number of hydrogen-bond acceptors (Lipinski definition) is 7. The highest BCUT2D eigenvalue weighted by Gasteiger charge is 2.13. The number of nitrogens with two attached hydrogens (primary N) is 1. The molecule has 11 heteroatoms. The lowest BCUT2D eigenvalue weighted by Crippen LogP contribution is -2.13. The van der Waals surface area contributed by atoms with Gasteiger partial charge in [0.15, 0.2) is 0 Å². The molecule has 10 nitrogen and oxygen atoms in total. The van der Waals surface area contributed by atoms with Gasteiger partial charge in [0, 0.05) is 29.5 Å². The number of non-ortho nitro benzene ring substituents is 1. The lowest BCUT2D eigenvalue weighted by molar-refractivity contribution is -0.384. The number of carbonyl (C=O) groups is 1. The molecule has 1 aromatic heterocycles. The van der Waals surface area contributed by atoms with Crippen LogP contribution < -0.4 is 10.5 Å². The van der Waals surface area contributed by atoms with Crippen LogP contribution in [0.3, 0.4) is 0 Å². The second kappa shape index (κ2) is 8.62. The van der Waals surface area contributed by atoms with E-state index < -0.39 is 20.9 Å². The Bertz CT molecular complexity index is 1320. The molecule has 0 aliphatic rings. The number of benzene rings is 2.